The first-order valence-corrected chi connectivity index (χ1v) is 12.6. The number of fused-ring (bicyclic) bond motifs is 1. The van der Waals surface area contributed by atoms with Crippen molar-refractivity contribution < 1.29 is 14.3 Å². The Bertz CT molecular complexity index is 1180. The molecule has 3 aromatic rings. The predicted octanol–water partition coefficient (Wildman–Crippen LogP) is 4.93. The SMILES string of the molecule is CCN1C(=O)N(CCCOc2ccccc2)C(=O)C12CCN(Cc1cccc3ccccc13)CC2. The van der Waals surface area contributed by atoms with Gasteiger partial charge in [-0.05, 0) is 54.7 Å². The summed E-state index contributed by atoms with van der Waals surface area (Å²) >= 11 is 0. The quantitative estimate of drug-likeness (QED) is 0.345. The maximum atomic E-state index is 13.6. The molecule has 3 aromatic carbocycles. The van der Waals surface area contributed by atoms with Gasteiger partial charge in [0.05, 0.1) is 6.61 Å². The molecule has 0 radical (unpaired) electrons. The van der Waals surface area contributed by atoms with E-state index in [1.54, 1.807) is 0 Å². The molecule has 0 atom stereocenters. The van der Waals surface area contributed by atoms with Crippen molar-refractivity contribution in [3.8, 4) is 5.75 Å². The second-order valence-electron chi connectivity index (χ2n) is 9.44. The van der Waals surface area contributed by atoms with Gasteiger partial charge >= 0.3 is 6.03 Å². The van der Waals surface area contributed by atoms with Gasteiger partial charge in [0, 0.05) is 32.7 Å². The van der Waals surface area contributed by atoms with Gasteiger partial charge in [0.15, 0.2) is 0 Å². The number of para-hydroxylation sites is 1. The van der Waals surface area contributed by atoms with E-state index in [1.165, 1.54) is 21.2 Å². The van der Waals surface area contributed by atoms with Crippen LogP contribution in [0.15, 0.2) is 72.8 Å². The van der Waals surface area contributed by atoms with Crippen molar-refractivity contribution in [2.75, 3.05) is 32.8 Å². The van der Waals surface area contributed by atoms with Crippen molar-refractivity contribution in [3.05, 3.63) is 78.4 Å². The number of carbonyl (C=O) groups excluding carboxylic acids is 2. The molecule has 3 amide bonds. The van der Waals surface area contributed by atoms with Crippen molar-refractivity contribution in [1.82, 2.24) is 14.7 Å². The maximum Gasteiger partial charge on any atom is 0.327 e. The lowest BCUT2D eigenvalue weighted by atomic mass is 9.85. The summed E-state index contributed by atoms with van der Waals surface area (Å²) in [5.41, 5.74) is 0.599. The fraction of sp³-hybridized carbons (Fsp3) is 0.379. The zero-order valence-corrected chi connectivity index (χ0v) is 20.4. The molecule has 0 aliphatic carbocycles. The van der Waals surface area contributed by atoms with Gasteiger partial charge in [0.25, 0.3) is 5.91 Å². The average Bonchev–Trinajstić information content (AvgIpc) is 3.09. The molecule has 2 fully saturated rings. The van der Waals surface area contributed by atoms with Crippen molar-refractivity contribution >= 4 is 22.7 Å². The molecule has 0 N–H and O–H groups in total. The number of amides is 3. The Hall–Kier alpha value is -3.38. The van der Waals surface area contributed by atoms with Gasteiger partial charge in [0.2, 0.25) is 0 Å². The summed E-state index contributed by atoms with van der Waals surface area (Å²) < 4.78 is 5.76. The number of likely N-dealkylation sites (tertiary alicyclic amines) is 1. The molecule has 182 valence electrons. The van der Waals surface area contributed by atoms with Gasteiger partial charge in [-0.25, -0.2) is 4.79 Å². The summed E-state index contributed by atoms with van der Waals surface area (Å²) in [6.07, 6.45) is 1.97. The average molecular weight is 472 g/mol. The molecule has 0 bridgehead atoms. The number of likely N-dealkylation sites (N-methyl/N-ethyl adjacent to an activating group) is 1. The van der Waals surface area contributed by atoms with Crippen molar-refractivity contribution in [2.24, 2.45) is 0 Å². The summed E-state index contributed by atoms with van der Waals surface area (Å²) in [6.45, 7) is 5.82. The Kier molecular flexibility index (Phi) is 6.73. The van der Waals surface area contributed by atoms with Crippen LogP contribution in [-0.2, 0) is 11.3 Å². The van der Waals surface area contributed by atoms with Crippen molar-refractivity contribution in [2.45, 2.75) is 38.3 Å². The van der Waals surface area contributed by atoms with E-state index in [1.807, 2.05) is 42.2 Å². The molecule has 6 heteroatoms. The summed E-state index contributed by atoms with van der Waals surface area (Å²) in [5, 5.41) is 2.53. The second-order valence-corrected chi connectivity index (χ2v) is 9.44. The van der Waals surface area contributed by atoms with Crippen LogP contribution in [-0.4, -0.2) is 65.0 Å². The van der Waals surface area contributed by atoms with E-state index in [-0.39, 0.29) is 11.9 Å². The van der Waals surface area contributed by atoms with Crippen LogP contribution in [0.25, 0.3) is 10.8 Å². The highest BCUT2D eigenvalue weighted by Crippen LogP contribution is 2.37. The van der Waals surface area contributed by atoms with Crippen LogP contribution in [0.2, 0.25) is 0 Å². The first kappa shape index (κ1) is 23.4. The Morgan fingerprint density at radius 3 is 2.37 bits per heavy atom. The Balaban J connectivity index is 1.21. The molecule has 2 aliphatic heterocycles. The molecule has 35 heavy (non-hydrogen) atoms. The number of carbonyl (C=O) groups is 2. The van der Waals surface area contributed by atoms with Gasteiger partial charge < -0.3 is 9.64 Å². The number of rotatable bonds is 8. The third-order valence-corrected chi connectivity index (χ3v) is 7.43. The number of urea groups is 1. The standard InChI is InChI=1S/C29H33N3O3/c1-2-32-28(34)31(18-9-21-35-25-13-4-3-5-14-25)27(33)29(32)16-19-30(20-17-29)22-24-12-8-11-23-10-6-7-15-26(23)24/h3-8,10-15H,2,9,16-22H2,1H3. The zero-order chi connectivity index (χ0) is 24.3. The van der Waals surface area contributed by atoms with Gasteiger partial charge in [-0.1, -0.05) is 60.7 Å². The Morgan fingerprint density at radius 2 is 1.60 bits per heavy atom. The highest BCUT2D eigenvalue weighted by atomic mass is 16.5. The fourth-order valence-corrected chi connectivity index (χ4v) is 5.58. The normalized spacial score (nSPS) is 18.1. The number of hydrogen-bond acceptors (Lipinski definition) is 4. The van der Waals surface area contributed by atoms with E-state index >= 15 is 0 Å². The Morgan fingerprint density at radius 1 is 0.886 bits per heavy atom. The highest BCUT2D eigenvalue weighted by Gasteiger charge is 2.57. The third kappa shape index (κ3) is 4.50. The number of imide groups is 1. The summed E-state index contributed by atoms with van der Waals surface area (Å²) in [5.74, 6) is 0.769. The molecule has 2 saturated heterocycles. The topological polar surface area (TPSA) is 53.1 Å². The molecular formula is C29H33N3O3. The minimum atomic E-state index is -0.707. The number of benzene rings is 3. The molecule has 0 aromatic heterocycles. The summed E-state index contributed by atoms with van der Waals surface area (Å²) in [7, 11) is 0. The van der Waals surface area contributed by atoms with E-state index in [9.17, 15) is 9.59 Å². The van der Waals surface area contributed by atoms with Gasteiger partial charge in [-0.3, -0.25) is 14.6 Å². The Labute approximate surface area is 207 Å². The first-order valence-electron chi connectivity index (χ1n) is 12.6. The molecular weight excluding hydrogens is 438 g/mol. The van der Waals surface area contributed by atoms with E-state index in [2.05, 4.69) is 47.4 Å². The monoisotopic (exact) mass is 471 g/mol. The van der Waals surface area contributed by atoms with E-state index in [4.69, 9.17) is 4.74 Å². The van der Waals surface area contributed by atoms with Crippen LogP contribution in [0.5, 0.6) is 5.75 Å². The fourth-order valence-electron chi connectivity index (χ4n) is 5.58. The van der Waals surface area contributed by atoms with Crippen LogP contribution in [0.1, 0.15) is 31.7 Å². The maximum absolute atomic E-state index is 13.6. The van der Waals surface area contributed by atoms with Crippen LogP contribution in [0, 0.1) is 0 Å². The van der Waals surface area contributed by atoms with E-state index in [0.29, 0.717) is 39.0 Å². The summed E-state index contributed by atoms with van der Waals surface area (Å²) in [4.78, 5) is 32.4. The van der Waals surface area contributed by atoms with Crippen molar-refractivity contribution in [3.63, 3.8) is 0 Å². The third-order valence-electron chi connectivity index (χ3n) is 7.43. The zero-order valence-electron chi connectivity index (χ0n) is 20.4. The number of nitrogens with zero attached hydrogens (tertiary/aromatic N) is 3. The molecule has 2 heterocycles. The minimum absolute atomic E-state index is 0.0335. The van der Waals surface area contributed by atoms with Gasteiger partial charge in [-0.2, -0.15) is 0 Å². The van der Waals surface area contributed by atoms with Crippen molar-refractivity contribution in [1.29, 1.82) is 0 Å². The van der Waals surface area contributed by atoms with Crippen LogP contribution in [0.3, 0.4) is 0 Å². The van der Waals surface area contributed by atoms with Crippen LogP contribution in [0.4, 0.5) is 4.79 Å². The van der Waals surface area contributed by atoms with E-state index < -0.39 is 5.54 Å². The smallest absolute Gasteiger partial charge is 0.327 e. The number of piperidine rings is 1. The molecule has 1 spiro atoms. The predicted molar refractivity (Wildman–Crippen MR) is 137 cm³/mol. The molecule has 6 nitrogen and oxygen atoms in total. The lowest BCUT2D eigenvalue weighted by Gasteiger charge is -2.42. The molecule has 5 rings (SSSR count). The van der Waals surface area contributed by atoms with Crippen LogP contribution >= 0.6 is 0 Å². The molecule has 0 saturated carbocycles. The lowest BCUT2D eigenvalue weighted by molar-refractivity contribution is -0.135. The number of hydrogen-bond donors (Lipinski definition) is 0. The number of ether oxygens (including phenoxy) is 1. The molecule has 0 unspecified atom stereocenters. The molecule has 2 aliphatic rings. The van der Waals surface area contributed by atoms with E-state index in [0.717, 1.165) is 25.4 Å². The minimum Gasteiger partial charge on any atom is -0.494 e. The van der Waals surface area contributed by atoms with Crippen LogP contribution < -0.4 is 4.74 Å². The largest absolute Gasteiger partial charge is 0.494 e. The second kappa shape index (κ2) is 10.1. The van der Waals surface area contributed by atoms with Gasteiger partial charge in [0.1, 0.15) is 11.3 Å². The lowest BCUT2D eigenvalue weighted by Crippen LogP contribution is -2.56. The highest BCUT2D eigenvalue weighted by molar-refractivity contribution is 6.07. The first-order chi connectivity index (χ1) is 17.1. The van der Waals surface area contributed by atoms with Gasteiger partial charge in [-0.15, -0.1) is 0 Å². The summed E-state index contributed by atoms with van der Waals surface area (Å²) in [6, 6.07) is 24.4.